The molecule has 256 valence electrons. The minimum atomic E-state index is -3.03. The first-order valence-corrected chi connectivity index (χ1v) is 19.2. The summed E-state index contributed by atoms with van der Waals surface area (Å²) in [4.78, 5) is 26.0. The van der Waals surface area contributed by atoms with Gasteiger partial charge in [-0.2, -0.15) is 5.26 Å². The first-order chi connectivity index (χ1) is 22.8. The van der Waals surface area contributed by atoms with Crippen LogP contribution in [0.5, 0.6) is 5.75 Å². The van der Waals surface area contributed by atoms with Crippen LogP contribution in [-0.4, -0.2) is 92.4 Å². The second kappa shape index (κ2) is 15.0. The van der Waals surface area contributed by atoms with Crippen molar-refractivity contribution >= 4 is 44.9 Å². The summed E-state index contributed by atoms with van der Waals surface area (Å²) in [7, 11) is -3.03. The lowest BCUT2D eigenvalue weighted by Gasteiger charge is -2.39. The lowest BCUT2D eigenvalue weighted by Crippen LogP contribution is -2.54. The Hall–Kier alpha value is -3.36. The number of hydrogen-bond acceptors (Lipinski definition) is 7. The van der Waals surface area contributed by atoms with E-state index in [-0.39, 0.29) is 23.7 Å². The van der Waals surface area contributed by atoms with E-state index in [1.54, 1.807) is 0 Å². The minimum Gasteiger partial charge on any atom is -0.493 e. The molecule has 0 bridgehead atoms. The zero-order chi connectivity index (χ0) is 34.6. The van der Waals surface area contributed by atoms with Crippen LogP contribution in [0.25, 0.3) is 0 Å². The van der Waals surface area contributed by atoms with Gasteiger partial charge in [0.05, 0.1) is 41.5 Å². The molecule has 2 aromatic carbocycles. The number of amidine groups is 1. The molecule has 0 saturated carbocycles. The summed E-state index contributed by atoms with van der Waals surface area (Å²) in [5.74, 6) is 1.19. The first kappa shape index (κ1) is 35.9. The number of aliphatic imine (C=N–C) groups is 1. The molecule has 5 rings (SSSR count). The molecule has 2 heterocycles. The summed E-state index contributed by atoms with van der Waals surface area (Å²) < 4.78 is 29.5. The Bertz CT molecular complexity index is 1740. The number of allylic oxidation sites excluding steroid dienone is 3. The molecular weight excluding hydrogens is 669 g/mol. The van der Waals surface area contributed by atoms with Gasteiger partial charge >= 0.3 is 6.03 Å². The predicted molar refractivity (Wildman–Crippen MR) is 192 cm³/mol. The molecule has 9 nitrogen and oxygen atoms in total. The zero-order valence-corrected chi connectivity index (χ0v) is 30.2. The van der Waals surface area contributed by atoms with E-state index in [9.17, 15) is 18.5 Å². The van der Waals surface area contributed by atoms with E-state index >= 15 is 0 Å². The van der Waals surface area contributed by atoms with Gasteiger partial charge in [-0.15, -0.1) is 0 Å². The summed E-state index contributed by atoms with van der Waals surface area (Å²) >= 11 is 12.7. The Balaban J connectivity index is 1.55. The Morgan fingerprint density at radius 1 is 1.10 bits per heavy atom. The Kier molecular flexibility index (Phi) is 11.3. The number of piperazine rings is 1. The van der Waals surface area contributed by atoms with Crippen molar-refractivity contribution in [3.8, 4) is 11.8 Å². The lowest BCUT2D eigenvalue weighted by atomic mass is 9.85. The molecule has 0 N–H and O–H groups in total. The Labute approximate surface area is 294 Å². The third-order valence-corrected chi connectivity index (χ3v) is 10.8. The quantitative estimate of drug-likeness (QED) is 0.276. The minimum absolute atomic E-state index is 0.0278. The van der Waals surface area contributed by atoms with Gasteiger partial charge in [-0.25, -0.2) is 13.2 Å². The summed E-state index contributed by atoms with van der Waals surface area (Å²) in [6, 6.07) is 14.7. The number of sulfone groups is 1. The highest BCUT2D eigenvalue weighted by Gasteiger charge is 2.46. The molecule has 1 saturated heterocycles. The highest BCUT2D eigenvalue weighted by atomic mass is 35.5. The molecule has 12 heteroatoms. The third kappa shape index (κ3) is 8.25. The maximum atomic E-state index is 14.8. The fourth-order valence-corrected chi connectivity index (χ4v) is 7.41. The molecule has 48 heavy (non-hydrogen) atoms. The maximum absolute atomic E-state index is 14.8. The van der Waals surface area contributed by atoms with E-state index in [4.69, 9.17) is 32.9 Å². The van der Waals surface area contributed by atoms with E-state index in [1.165, 1.54) is 6.26 Å². The van der Waals surface area contributed by atoms with Crippen LogP contribution in [0.1, 0.15) is 56.3 Å². The van der Waals surface area contributed by atoms with Crippen molar-refractivity contribution in [3.63, 3.8) is 0 Å². The van der Waals surface area contributed by atoms with Gasteiger partial charge in [0.15, 0.2) is 0 Å². The van der Waals surface area contributed by atoms with Gasteiger partial charge in [-0.1, -0.05) is 53.6 Å². The maximum Gasteiger partial charge on any atom is 0.326 e. The van der Waals surface area contributed by atoms with Crippen molar-refractivity contribution in [2.45, 2.75) is 51.1 Å². The van der Waals surface area contributed by atoms with Gasteiger partial charge in [0, 0.05) is 48.4 Å². The highest BCUT2D eigenvalue weighted by Crippen LogP contribution is 2.43. The van der Waals surface area contributed by atoms with E-state index in [0.29, 0.717) is 79.4 Å². The number of nitriles is 1. The molecule has 0 spiro atoms. The van der Waals surface area contributed by atoms with E-state index in [0.717, 1.165) is 11.1 Å². The molecule has 0 aromatic heterocycles. The van der Waals surface area contributed by atoms with Crippen LogP contribution in [0.15, 0.2) is 70.7 Å². The summed E-state index contributed by atoms with van der Waals surface area (Å²) in [6.07, 6.45) is 8.43. The largest absolute Gasteiger partial charge is 0.493 e. The molecule has 1 fully saturated rings. The van der Waals surface area contributed by atoms with Crippen molar-refractivity contribution < 1.29 is 17.9 Å². The average molecular weight is 713 g/mol. The Morgan fingerprint density at radius 2 is 1.81 bits per heavy atom. The predicted octanol–water partition coefficient (Wildman–Crippen LogP) is 6.58. The summed E-state index contributed by atoms with van der Waals surface area (Å²) in [5.41, 5.74) is 1.65. The number of carbonyl (C=O) groups is 1. The number of hydrogen-bond donors (Lipinski definition) is 0. The van der Waals surface area contributed by atoms with E-state index in [1.807, 2.05) is 85.2 Å². The van der Waals surface area contributed by atoms with Gasteiger partial charge in [0.2, 0.25) is 0 Å². The summed E-state index contributed by atoms with van der Waals surface area (Å²) in [6.45, 7) is 8.96. The molecule has 0 radical (unpaired) electrons. The fraction of sp³-hybridized carbons (Fsp3) is 0.472. The molecule has 2 aliphatic heterocycles. The molecule has 3 atom stereocenters. The normalized spacial score (nSPS) is 21.9. The summed E-state index contributed by atoms with van der Waals surface area (Å²) in [5, 5.41) is 11.1. The molecular formula is C36H43Cl2N5O4S. The number of halogens is 2. The monoisotopic (exact) mass is 711 g/mol. The SMILES string of the molecule is CCOc1cc(C(C)(C)C#N)ccc1C1=N[C@@H](C2C=CC(Cl)=CC2)[C@@H](c2ccc(Cl)cc2)N1C(=O)N1CCN(CCCS(C)(=O)=O)CC1. The van der Waals surface area contributed by atoms with Crippen LogP contribution in [0.2, 0.25) is 5.02 Å². The fourth-order valence-electron chi connectivity index (χ4n) is 6.47. The topological polar surface area (TPSA) is 106 Å². The molecule has 1 aliphatic carbocycles. The van der Waals surface area contributed by atoms with Gasteiger partial charge < -0.3 is 9.64 Å². The number of nitrogens with zero attached hydrogens (tertiary/aromatic N) is 5. The number of carbonyl (C=O) groups excluding carboxylic acids is 1. The molecule has 1 unspecified atom stereocenters. The van der Waals surface area contributed by atoms with Gasteiger partial charge in [-0.3, -0.25) is 14.8 Å². The number of rotatable bonds is 10. The van der Waals surface area contributed by atoms with Crippen molar-refractivity contribution in [1.29, 1.82) is 5.26 Å². The van der Waals surface area contributed by atoms with E-state index < -0.39 is 21.3 Å². The number of amides is 2. The number of benzene rings is 2. The Morgan fingerprint density at radius 3 is 2.42 bits per heavy atom. The van der Waals surface area contributed by atoms with Crippen LogP contribution in [0.3, 0.4) is 0 Å². The van der Waals surface area contributed by atoms with Crippen LogP contribution >= 0.6 is 23.2 Å². The average Bonchev–Trinajstić information content (AvgIpc) is 3.45. The molecule has 2 aromatic rings. The highest BCUT2D eigenvalue weighted by molar-refractivity contribution is 7.90. The second-order valence-electron chi connectivity index (χ2n) is 13.1. The first-order valence-electron chi connectivity index (χ1n) is 16.4. The lowest BCUT2D eigenvalue weighted by molar-refractivity contribution is 0.118. The number of urea groups is 1. The van der Waals surface area contributed by atoms with Gasteiger partial charge in [-0.05, 0) is 81.6 Å². The van der Waals surface area contributed by atoms with Crippen molar-refractivity contribution in [2.24, 2.45) is 10.9 Å². The molecule has 2 amide bonds. The number of ether oxygens (including phenoxy) is 1. The van der Waals surface area contributed by atoms with Crippen molar-refractivity contribution in [1.82, 2.24) is 14.7 Å². The molecule has 3 aliphatic rings. The van der Waals surface area contributed by atoms with Crippen molar-refractivity contribution in [3.05, 3.63) is 87.4 Å². The van der Waals surface area contributed by atoms with Crippen LogP contribution in [0, 0.1) is 17.2 Å². The van der Waals surface area contributed by atoms with E-state index in [2.05, 4.69) is 17.0 Å². The zero-order valence-electron chi connectivity index (χ0n) is 27.9. The smallest absolute Gasteiger partial charge is 0.326 e. The van der Waals surface area contributed by atoms with Crippen LogP contribution < -0.4 is 4.74 Å². The second-order valence-corrected chi connectivity index (χ2v) is 16.3. The van der Waals surface area contributed by atoms with Crippen LogP contribution in [0.4, 0.5) is 4.79 Å². The third-order valence-electron chi connectivity index (χ3n) is 9.20. The van der Waals surface area contributed by atoms with Gasteiger partial charge in [0.25, 0.3) is 0 Å². The van der Waals surface area contributed by atoms with Crippen LogP contribution in [-0.2, 0) is 15.3 Å². The van der Waals surface area contributed by atoms with Gasteiger partial charge in [0.1, 0.15) is 21.4 Å². The standard InChI is InChI=1S/C36H43Cl2N5O4S/c1-5-47-31-23-27(36(2,3)24-39)11-16-30(31)34-40-32(25-7-12-28(37)13-8-25)33(26-9-14-29(38)15-10-26)43(34)35(44)42-20-18-41(19-21-42)17-6-22-48(4,45)46/h7,9-16,23,25,32-33H,5-6,8,17-22H2,1-4H3/t25?,32-,33+/m0/s1. The van der Waals surface area contributed by atoms with Crippen molar-refractivity contribution in [2.75, 3.05) is 51.3 Å².